The normalized spacial score (nSPS) is 10.2. The number of hydrogen-bond acceptors (Lipinski definition) is 3. The Kier molecular flexibility index (Phi) is 3.28. The van der Waals surface area contributed by atoms with E-state index in [1.54, 1.807) is 18.0 Å². The molecule has 2 rings (SSSR count). The van der Waals surface area contributed by atoms with Crippen LogP contribution >= 0.6 is 27.7 Å². The minimum atomic E-state index is 0.784. The Morgan fingerprint density at radius 2 is 1.93 bits per heavy atom. The molecule has 0 fully saturated rings. The van der Waals surface area contributed by atoms with Crippen LogP contribution in [-0.2, 0) is 0 Å². The topological polar surface area (TPSA) is 38.9 Å². The molecule has 0 saturated heterocycles. The Morgan fingerprint density at radius 1 is 1.13 bits per heavy atom. The van der Waals surface area contributed by atoms with E-state index in [-0.39, 0.29) is 0 Å². The van der Waals surface area contributed by atoms with Crippen molar-refractivity contribution in [3.05, 3.63) is 47.1 Å². The molecule has 0 aliphatic heterocycles. The van der Waals surface area contributed by atoms with Crippen LogP contribution in [0.2, 0.25) is 0 Å². The SMILES string of the molecule is Nc1ccccc1Sc1ccc(Br)cn1. The molecule has 15 heavy (non-hydrogen) atoms. The van der Waals surface area contributed by atoms with Gasteiger partial charge in [0.15, 0.2) is 0 Å². The van der Waals surface area contributed by atoms with E-state index in [4.69, 9.17) is 5.73 Å². The van der Waals surface area contributed by atoms with Crippen LogP contribution in [0.1, 0.15) is 0 Å². The van der Waals surface area contributed by atoms with E-state index in [2.05, 4.69) is 20.9 Å². The molecule has 0 amide bonds. The quantitative estimate of drug-likeness (QED) is 0.855. The lowest BCUT2D eigenvalue weighted by molar-refractivity contribution is 1.12. The number of hydrogen-bond donors (Lipinski definition) is 1. The summed E-state index contributed by atoms with van der Waals surface area (Å²) in [5, 5.41) is 0.941. The lowest BCUT2D eigenvalue weighted by atomic mass is 10.3. The summed E-state index contributed by atoms with van der Waals surface area (Å²) in [6.45, 7) is 0. The van der Waals surface area contributed by atoms with Crippen LogP contribution < -0.4 is 5.73 Å². The molecule has 0 aliphatic carbocycles. The molecule has 1 aromatic heterocycles. The lowest BCUT2D eigenvalue weighted by Crippen LogP contribution is -1.87. The first-order chi connectivity index (χ1) is 7.25. The van der Waals surface area contributed by atoms with Gasteiger partial charge in [-0.1, -0.05) is 23.9 Å². The molecule has 2 aromatic rings. The molecule has 1 heterocycles. The number of nitrogens with zero attached hydrogens (tertiary/aromatic N) is 1. The van der Waals surface area contributed by atoms with Crippen LogP contribution in [-0.4, -0.2) is 4.98 Å². The number of benzene rings is 1. The summed E-state index contributed by atoms with van der Waals surface area (Å²) in [7, 11) is 0. The van der Waals surface area contributed by atoms with Gasteiger partial charge in [-0.3, -0.25) is 0 Å². The number of nitrogens with two attached hydrogens (primary N) is 1. The third-order valence-corrected chi connectivity index (χ3v) is 3.35. The summed E-state index contributed by atoms with van der Waals surface area (Å²) >= 11 is 4.91. The fourth-order valence-corrected chi connectivity index (χ4v) is 2.14. The number of halogens is 1. The van der Waals surface area contributed by atoms with Crippen LogP contribution in [0.15, 0.2) is 57.0 Å². The molecule has 4 heteroatoms. The fraction of sp³-hybridized carbons (Fsp3) is 0. The van der Waals surface area contributed by atoms with Crippen LogP contribution in [0.5, 0.6) is 0 Å². The van der Waals surface area contributed by atoms with Gasteiger partial charge >= 0.3 is 0 Å². The Morgan fingerprint density at radius 3 is 2.60 bits per heavy atom. The van der Waals surface area contributed by atoms with Gasteiger partial charge in [0, 0.05) is 21.3 Å². The summed E-state index contributed by atoms with van der Waals surface area (Å²) < 4.78 is 0.980. The third kappa shape index (κ3) is 2.73. The minimum absolute atomic E-state index is 0.784. The van der Waals surface area contributed by atoms with Crippen LogP contribution in [0.3, 0.4) is 0 Å². The van der Waals surface area contributed by atoms with Crippen LogP contribution in [0.25, 0.3) is 0 Å². The number of anilines is 1. The van der Waals surface area contributed by atoms with E-state index < -0.39 is 0 Å². The molecular formula is C11H9BrN2S. The highest BCUT2D eigenvalue weighted by molar-refractivity contribution is 9.10. The standard InChI is InChI=1S/C11H9BrN2S/c12-8-5-6-11(14-7-8)15-10-4-2-1-3-9(10)13/h1-7H,13H2. The van der Waals surface area contributed by atoms with Gasteiger partial charge in [0.1, 0.15) is 5.03 Å². The second-order valence-electron chi connectivity index (χ2n) is 2.95. The number of nitrogen functional groups attached to an aromatic ring is 1. The van der Waals surface area contributed by atoms with Gasteiger partial charge in [0.05, 0.1) is 0 Å². The molecule has 0 unspecified atom stereocenters. The smallest absolute Gasteiger partial charge is 0.101 e. The maximum atomic E-state index is 5.84. The van der Waals surface area contributed by atoms with Gasteiger partial charge < -0.3 is 5.73 Å². The van der Waals surface area contributed by atoms with Gasteiger partial charge in [0.2, 0.25) is 0 Å². The van der Waals surface area contributed by atoms with Crippen molar-refractivity contribution in [3.8, 4) is 0 Å². The first kappa shape index (κ1) is 10.5. The highest BCUT2D eigenvalue weighted by Crippen LogP contribution is 2.30. The van der Waals surface area contributed by atoms with Gasteiger partial charge in [-0.15, -0.1) is 0 Å². The van der Waals surface area contributed by atoms with E-state index in [1.807, 2.05) is 36.4 Å². The fourth-order valence-electron chi connectivity index (χ4n) is 1.11. The summed E-state index contributed by atoms with van der Waals surface area (Å²) in [5.74, 6) is 0. The first-order valence-corrected chi connectivity index (χ1v) is 6.00. The Labute approximate surface area is 101 Å². The Balaban J connectivity index is 2.22. The summed E-state index contributed by atoms with van der Waals surface area (Å²) in [4.78, 5) is 5.31. The van der Waals surface area contributed by atoms with Gasteiger partial charge in [-0.05, 0) is 40.2 Å². The van der Waals surface area contributed by atoms with Crippen molar-refractivity contribution in [2.24, 2.45) is 0 Å². The second-order valence-corrected chi connectivity index (χ2v) is 4.93. The zero-order valence-corrected chi connectivity index (χ0v) is 10.3. The Hall–Kier alpha value is -1.00. The molecule has 1 aromatic carbocycles. The van der Waals surface area contributed by atoms with E-state index in [0.29, 0.717) is 0 Å². The molecule has 0 bridgehead atoms. The number of aromatic nitrogens is 1. The molecule has 2 nitrogen and oxygen atoms in total. The highest BCUT2D eigenvalue weighted by atomic mass is 79.9. The average Bonchev–Trinajstić information content (AvgIpc) is 2.25. The van der Waals surface area contributed by atoms with Crippen molar-refractivity contribution in [2.75, 3.05) is 5.73 Å². The third-order valence-electron chi connectivity index (χ3n) is 1.83. The Bertz CT molecular complexity index is 456. The molecule has 0 radical (unpaired) electrons. The molecule has 0 saturated carbocycles. The zero-order valence-electron chi connectivity index (χ0n) is 7.85. The van der Waals surface area contributed by atoms with Gasteiger partial charge in [-0.25, -0.2) is 4.98 Å². The van der Waals surface area contributed by atoms with E-state index in [1.165, 1.54) is 0 Å². The summed E-state index contributed by atoms with van der Waals surface area (Å²) in [6, 6.07) is 11.7. The second kappa shape index (κ2) is 4.68. The van der Waals surface area contributed by atoms with Crippen molar-refractivity contribution < 1.29 is 0 Å². The maximum Gasteiger partial charge on any atom is 0.101 e. The highest BCUT2D eigenvalue weighted by Gasteiger charge is 2.01. The van der Waals surface area contributed by atoms with Crippen molar-refractivity contribution in [1.29, 1.82) is 0 Å². The van der Waals surface area contributed by atoms with E-state index >= 15 is 0 Å². The molecule has 2 N–H and O–H groups in total. The first-order valence-electron chi connectivity index (χ1n) is 4.39. The molecular weight excluding hydrogens is 272 g/mol. The largest absolute Gasteiger partial charge is 0.398 e. The van der Waals surface area contributed by atoms with Crippen LogP contribution in [0, 0.1) is 0 Å². The molecule has 0 spiro atoms. The molecule has 0 atom stereocenters. The molecule has 76 valence electrons. The van der Waals surface area contributed by atoms with Crippen molar-refractivity contribution in [1.82, 2.24) is 4.98 Å². The number of pyridine rings is 1. The average molecular weight is 281 g/mol. The van der Waals surface area contributed by atoms with Gasteiger partial charge in [-0.2, -0.15) is 0 Å². The van der Waals surface area contributed by atoms with Crippen molar-refractivity contribution >= 4 is 33.4 Å². The summed E-state index contributed by atoms with van der Waals surface area (Å²) in [6.07, 6.45) is 1.78. The monoisotopic (exact) mass is 280 g/mol. The van der Waals surface area contributed by atoms with Crippen molar-refractivity contribution in [3.63, 3.8) is 0 Å². The molecule has 0 aliphatic rings. The maximum absolute atomic E-state index is 5.84. The minimum Gasteiger partial charge on any atom is -0.398 e. The van der Waals surface area contributed by atoms with Crippen LogP contribution in [0.4, 0.5) is 5.69 Å². The number of para-hydroxylation sites is 1. The number of rotatable bonds is 2. The van der Waals surface area contributed by atoms with Gasteiger partial charge in [0.25, 0.3) is 0 Å². The van der Waals surface area contributed by atoms with Crippen molar-refractivity contribution in [2.45, 2.75) is 9.92 Å². The zero-order chi connectivity index (χ0) is 10.7. The lowest BCUT2D eigenvalue weighted by Gasteiger charge is -2.03. The predicted molar refractivity (Wildman–Crippen MR) is 66.9 cm³/mol. The predicted octanol–water partition coefficient (Wildman–Crippen LogP) is 3.58. The van der Waals surface area contributed by atoms with E-state index in [0.717, 1.165) is 20.1 Å². The summed E-state index contributed by atoms with van der Waals surface area (Å²) in [5.41, 5.74) is 6.62. The van der Waals surface area contributed by atoms with E-state index in [9.17, 15) is 0 Å².